The molecule has 0 radical (unpaired) electrons. The van der Waals surface area contributed by atoms with Crippen molar-refractivity contribution >= 4 is 29.6 Å². The first-order valence-corrected chi connectivity index (χ1v) is 10.7. The minimum Gasteiger partial charge on any atom is -0.368 e. The van der Waals surface area contributed by atoms with E-state index in [1.165, 1.54) is 0 Å². The van der Waals surface area contributed by atoms with Gasteiger partial charge in [0.2, 0.25) is 17.8 Å². The molecule has 0 aliphatic rings. The van der Waals surface area contributed by atoms with E-state index >= 15 is 0 Å². The lowest BCUT2D eigenvalue weighted by Gasteiger charge is -2.09. The number of nitrogens with zero attached hydrogens (tertiary/aromatic N) is 6. The first-order valence-electron chi connectivity index (χ1n) is 9.70. The third-order valence-electron chi connectivity index (χ3n) is 3.68. The molecule has 0 amide bonds. The number of nitrogen functional groups attached to an aromatic ring is 1. The maximum absolute atomic E-state index is 5.75. The highest BCUT2D eigenvalue weighted by Gasteiger charge is 2.08. The Morgan fingerprint density at radius 2 is 1.50 bits per heavy atom. The molecule has 0 saturated carbocycles. The molecule has 0 aliphatic carbocycles. The maximum atomic E-state index is 5.75. The van der Waals surface area contributed by atoms with Crippen LogP contribution in [-0.4, -0.2) is 55.3 Å². The van der Waals surface area contributed by atoms with Crippen molar-refractivity contribution in [3.8, 4) is 0 Å². The van der Waals surface area contributed by atoms with Crippen LogP contribution in [0.1, 0.15) is 44.8 Å². The van der Waals surface area contributed by atoms with Crippen LogP contribution < -0.4 is 22.1 Å². The number of rotatable bonds is 13. The number of hydrogen-bond acceptors (Lipinski definition) is 11. The summed E-state index contributed by atoms with van der Waals surface area (Å²) in [6.07, 6.45) is 4.53. The van der Waals surface area contributed by atoms with Gasteiger partial charge in [-0.15, -0.1) is 0 Å². The van der Waals surface area contributed by atoms with E-state index in [4.69, 9.17) is 11.5 Å². The number of aromatic nitrogens is 6. The molecule has 0 aliphatic heterocycles. The molecule has 2 aromatic heterocycles. The van der Waals surface area contributed by atoms with E-state index in [0.717, 1.165) is 42.4 Å². The minimum atomic E-state index is 0.205. The van der Waals surface area contributed by atoms with Gasteiger partial charge in [0.05, 0.1) is 0 Å². The number of anilines is 3. The molecule has 0 spiro atoms. The third kappa shape index (κ3) is 7.77. The zero-order valence-electron chi connectivity index (χ0n) is 16.6. The Balaban J connectivity index is 1.90. The lowest BCUT2D eigenvalue weighted by Crippen LogP contribution is -2.17. The van der Waals surface area contributed by atoms with Crippen molar-refractivity contribution < 1.29 is 0 Å². The number of hydrogen-bond donors (Lipinski definition) is 4. The molecule has 0 aromatic carbocycles. The van der Waals surface area contributed by atoms with E-state index in [-0.39, 0.29) is 5.95 Å². The van der Waals surface area contributed by atoms with Crippen molar-refractivity contribution in [2.24, 2.45) is 5.73 Å². The fourth-order valence-electron chi connectivity index (χ4n) is 2.38. The Hall–Kier alpha value is -2.27. The van der Waals surface area contributed by atoms with Gasteiger partial charge >= 0.3 is 0 Å². The molecule has 0 unspecified atom stereocenters. The smallest absolute Gasteiger partial charge is 0.227 e. The van der Waals surface area contributed by atoms with Gasteiger partial charge in [0.1, 0.15) is 11.6 Å². The first-order chi connectivity index (χ1) is 13.6. The first kappa shape index (κ1) is 22.0. The summed E-state index contributed by atoms with van der Waals surface area (Å²) >= 11 is 1.62. The predicted molar refractivity (Wildman–Crippen MR) is 113 cm³/mol. The SMILES string of the molecule is CCCCc1nc(NCCCc2nc(N)nc(NCCN)n2)nc(SCC)n1. The Bertz CT molecular complexity index is 727. The summed E-state index contributed by atoms with van der Waals surface area (Å²) in [4.78, 5) is 26.1. The molecule has 11 heteroatoms. The molecule has 10 nitrogen and oxygen atoms in total. The summed E-state index contributed by atoms with van der Waals surface area (Å²) in [5.41, 5.74) is 11.2. The highest BCUT2D eigenvalue weighted by molar-refractivity contribution is 7.99. The number of thioether (sulfide) groups is 1. The summed E-state index contributed by atoms with van der Waals surface area (Å²) in [7, 11) is 0. The summed E-state index contributed by atoms with van der Waals surface area (Å²) in [5.74, 6) is 3.71. The van der Waals surface area contributed by atoms with Crippen LogP contribution >= 0.6 is 11.8 Å². The van der Waals surface area contributed by atoms with E-state index in [0.29, 0.717) is 43.8 Å². The zero-order valence-corrected chi connectivity index (χ0v) is 17.4. The van der Waals surface area contributed by atoms with E-state index in [1.807, 2.05) is 0 Å². The minimum absolute atomic E-state index is 0.205. The lowest BCUT2D eigenvalue weighted by molar-refractivity contribution is 0.718. The van der Waals surface area contributed by atoms with Crippen molar-refractivity contribution in [3.05, 3.63) is 11.6 Å². The number of unbranched alkanes of at least 4 members (excludes halogenated alkanes) is 1. The van der Waals surface area contributed by atoms with Crippen molar-refractivity contribution in [1.82, 2.24) is 29.9 Å². The maximum Gasteiger partial charge on any atom is 0.227 e. The quantitative estimate of drug-likeness (QED) is 0.282. The standard InChI is InChI=1S/C17H30N10S/c1-3-5-7-13-24-16(27-17(25-13)28-4-2)20-10-6-8-12-22-14(19)26-15(23-12)21-11-9-18/h3-11,18H2,1-2H3,(H,20,24,25,27)(H3,19,21,22,23,26). The molecule has 0 saturated heterocycles. The van der Waals surface area contributed by atoms with E-state index in [1.54, 1.807) is 11.8 Å². The average Bonchev–Trinajstić information content (AvgIpc) is 2.68. The molecule has 2 rings (SSSR count). The Morgan fingerprint density at radius 1 is 0.821 bits per heavy atom. The lowest BCUT2D eigenvalue weighted by atomic mass is 10.2. The monoisotopic (exact) mass is 406 g/mol. The van der Waals surface area contributed by atoms with Gasteiger partial charge in [0.15, 0.2) is 5.16 Å². The van der Waals surface area contributed by atoms with Crippen LogP contribution in [0.5, 0.6) is 0 Å². The zero-order chi connectivity index (χ0) is 20.2. The van der Waals surface area contributed by atoms with E-state index < -0.39 is 0 Å². The topological polar surface area (TPSA) is 153 Å². The Labute approximate surface area is 170 Å². The molecule has 6 N–H and O–H groups in total. The summed E-state index contributed by atoms with van der Waals surface area (Å²) in [6, 6.07) is 0. The molecule has 2 heterocycles. The van der Waals surface area contributed by atoms with Gasteiger partial charge in [0, 0.05) is 32.5 Å². The van der Waals surface area contributed by atoms with Gasteiger partial charge in [0.25, 0.3) is 0 Å². The van der Waals surface area contributed by atoms with Crippen LogP contribution in [0, 0.1) is 0 Å². The van der Waals surface area contributed by atoms with Crippen molar-refractivity contribution in [3.63, 3.8) is 0 Å². The van der Waals surface area contributed by atoms with Crippen LogP contribution in [0.3, 0.4) is 0 Å². The normalized spacial score (nSPS) is 10.8. The van der Waals surface area contributed by atoms with Crippen LogP contribution in [0.4, 0.5) is 17.8 Å². The summed E-state index contributed by atoms with van der Waals surface area (Å²) < 4.78 is 0. The second-order valence-electron chi connectivity index (χ2n) is 6.07. The molecule has 0 bridgehead atoms. The summed E-state index contributed by atoms with van der Waals surface area (Å²) in [6.45, 7) is 6.03. The predicted octanol–water partition coefficient (Wildman–Crippen LogP) is 1.51. The fourth-order valence-corrected chi connectivity index (χ4v) is 2.96. The second kappa shape index (κ2) is 12.2. The number of nitrogens with one attached hydrogen (secondary N) is 2. The summed E-state index contributed by atoms with van der Waals surface area (Å²) in [5, 5.41) is 7.08. The van der Waals surface area contributed by atoms with Crippen molar-refractivity contribution in [2.75, 3.05) is 41.8 Å². The van der Waals surface area contributed by atoms with Gasteiger partial charge in [-0.1, -0.05) is 32.0 Å². The molecule has 0 atom stereocenters. The van der Waals surface area contributed by atoms with Crippen LogP contribution in [-0.2, 0) is 12.8 Å². The van der Waals surface area contributed by atoms with Gasteiger partial charge in [-0.2, -0.15) is 24.9 Å². The molecular weight excluding hydrogens is 376 g/mol. The van der Waals surface area contributed by atoms with Crippen LogP contribution in [0.25, 0.3) is 0 Å². The van der Waals surface area contributed by atoms with Gasteiger partial charge in [-0.25, -0.2) is 4.98 Å². The van der Waals surface area contributed by atoms with E-state index in [2.05, 4.69) is 54.4 Å². The van der Waals surface area contributed by atoms with Crippen molar-refractivity contribution in [1.29, 1.82) is 0 Å². The molecular formula is C17H30N10S. The molecule has 28 heavy (non-hydrogen) atoms. The number of nitrogens with two attached hydrogens (primary N) is 2. The highest BCUT2D eigenvalue weighted by Crippen LogP contribution is 2.15. The average molecular weight is 407 g/mol. The fraction of sp³-hybridized carbons (Fsp3) is 0.647. The molecule has 154 valence electrons. The number of aryl methyl sites for hydroxylation is 2. The Kier molecular flexibility index (Phi) is 9.63. The second-order valence-corrected chi connectivity index (χ2v) is 7.30. The van der Waals surface area contributed by atoms with Crippen LogP contribution in [0.15, 0.2) is 5.16 Å². The van der Waals surface area contributed by atoms with Crippen molar-refractivity contribution in [2.45, 2.75) is 51.1 Å². The van der Waals surface area contributed by atoms with Gasteiger partial charge in [-0.05, 0) is 18.6 Å². The largest absolute Gasteiger partial charge is 0.368 e. The van der Waals surface area contributed by atoms with Crippen LogP contribution in [0.2, 0.25) is 0 Å². The van der Waals surface area contributed by atoms with Gasteiger partial charge < -0.3 is 22.1 Å². The molecule has 0 fully saturated rings. The van der Waals surface area contributed by atoms with Gasteiger partial charge in [-0.3, -0.25) is 0 Å². The Morgan fingerprint density at radius 3 is 2.21 bits per heavy atom. The third-order valence-corrected chi connectivity index (χ3v) is 4.40. The van der Waals surface area contributed by atoms with E-state index in [9.17, 15) is 0 Å². The molecule has 2 aromatic rings. The highest BCUT2D eigenvalue weighted by atomic mass is 32.2.